The first-order chi connectivity index (χ1) is 9.10. The molecule has 0 saturated heterocycles. The van der Waals surface area contributed by atoms with E-state index in [-0.39, 0.29) is 6.04 Å². The zero-order chi connectivity index (χ0) is 13.8. The Hall–Kier alpha value is -1.32. The second-order valence-electron chi connectivity index (χ2n) is 4.98. The lowest BCUT2D eigenvalue weighted by Crippen LogP contribution is -2.19. The van der Waals surface area contributed by atoms with E-state index in [1.165, 1.54) is 5.56 Å². The maximum Gasteiger partial charge on any atom is 0.0643 e. The number of rotatable bonds is 5. The Labute approximate surface area is 119 Å². The van der Waals surface area contributed by atoms with Crippen molar-refractivity contribution < 1.29 is 0 Å². The molecule has 0 fully saturated rings. The molecule has 0 aliphatic heterocycles. The molecule has 2 aromatic rings. The topological polar surface area (TPSA) is 29.9 Å². The van der Waals surface area contributed by atoms with Gasteiger partial charge < -0.3 is 5.32 Å². The van der Waals surface area contributed by atoms with E-state index in [2.05, 4.69) is 42.5 Å². The van der Waals surface area contributed by atoms with E-state index in [1.54, 1.807) is 0 Å². The van der Waals surface area contributed by atoms with Crippen molar-refractivity contribution in [3.8, 4) is 0 Å². The molecule has 0 radical (unpaired) electrons. The summed E-state index contributed by atoms with van der Waals surface area (Å²) in [5.74, 6) is 0. The van der Waals surface area contributed by atoms with Crippen molar-refractivity contribution in [2.24, 2.45) is 0 Å². The molecule has 0 bridgehead atoms. The largest absolute Gasteiger partial charge is 0.313 e. The first-order valence-electron chi connectivity index (χ1n) is 6.57. The molecule has 0 amide bonds. The van der Waals surface area contributed by atoms with Gasteiger partial charge in [0.2, 0.25) is 0 Å². The lowest BCUT2D eigenvalue weighted by atomic mass is 10.0. The highest BCUT2D eigenvalue weighted by Crippen LogP contribution is 2.20. The summed E-state index contributed by atoms with van der Waals surface area (Å²) in [5, 5.41) is 8.69. The maximum absolute atomic E-state index is 5.92. The van der Waals surface area contributed by atoms with Crippen LogP contribution < -0.4 is 5.32 Å². The van der Waals surface area contributed by atoms with Crippen LogP contribution in [-0.2, 0) is 6.42 Å². The summed E-state index contributed by atoms with van der Waals surface area (Å²) in [6, 6.07) is 10.7. The first kappa shape index (κ1) is 14.1. The van der Waals surface area contributed by atoms with E-state index in [9.17, 15) is 0 Å². The normalized spacial score (nSPS) is 12.9. The molecule has 1 unspecified atom stereocenters. The van der Waals surface area contributed by atoms with E-state index in [0.29, 0.717) is 6.04 Å². The average molecular weight is 278 g/mol. The van der Waals surface area contributed by atoms with Gasteiger partial charge in [0.25, 0.3) is 0 Å². The predicted molar refractivity (Wildman–Crippen MR) is 79.6 cm³/mol. The fourth-order valence-electron chi connectivity index (χ4n) is 2.06. The number of nitrogens with zero attached hydrogens (tertiary/aromatic N) is 2. The van der Waals surface area contributed by atoms with Crippen LogP contribution in [0.15, 0.2) is 36.5 Å². The molecule has 0 saturated carbocycles. The highest BCUT2D eigenvalue weighted by atomic mass is 35.5. The van der Waals surface area contributed by atoms with E-state index in [0.717, 1.165) is 17.1 Å². The number of nitrogens with one attached hydrogen (secondary N) is 1. The first-order valence-corrected chi connectivity index (χ1v) is 6.94. The van der Waals surface area contributed by atoms with Gasteiger partial charge in [-0.1, -0.05) is 23.7 Å². The van der Waals surface area contributed by atoms with Gasteiger partial charge in [0.05, 0.1) is 5.69 Å². The van der Waals surface area contributed by atoms with Crippen LogP contribution >= 0.6 is 11.6 Å². The summed E-state index contributed by atoms with van der Waals surface area (Å²) < 4.78 is 1.99. The summed E-state index contributed by atoms with van der Waals surface area (Å²) >= 11 is 5.92. The third-order valence-electron chi connectivity index (χ3n) is 3.23. The van der Waals surface area contributed by atoms with Crippen LogP contribution in [0.1, 0.15) is 37.2 Å². The van der Waals surface area contributed by atoms with Gasteiger partial charge in [-0.25, -0.2) is 0 Å². The minimum absolute atomic E-state index is 0.257. The minimum atomic E-state index is 0.257. The van der Waals surface area contributed by atoms with Crippen LogP contribution in [0.3, 0.4) is 0 Å². The van der Waals surface area contributed by atoms with Crippen molar-refractivity contribution in [3.05, 3.63) is 52.8 Å². The molecule has 19 heavy (non-hydrogen) atoms. The third-order valence-corrected chi connectivity index (χ3v) is 3.48. The van der Waals surface area contributed by atoms with Crippen molar-refractivity contribution in [1.82, 2.24) is 15.1 Å². The Morgan fingerprint density at radius 2 is 1.89 bits per heavy atom. The molecular formula is C15H20ClN3. The summed E-state index contributed by atoms with van der Waals surface area (Å²) in [6.07, 6.45) is 2.91. The van der Waals surface area contributed by atoms with E-state index in [4.69, 9.17) is 11.6 Å². The molecule has 1 aromatic carbocycles. The highest BCUT2D eigenvalue weighted by molar-refractivity contribution is 6.30. The zero-order valence-electron chi connectivity index (χ0n) is 11.6. The number of hydrogen-bond donors (Lipinski definition) is 1. The quantitative estimate of drug-likeness (QED) is 0.905. The SMILES string of the molecule is CNC(Cc1ccn(C(C)C)n1)c1ccc(Cl)cc1. The van der Waals surface area contributed by atoms with Gasteiger partial charge in [0, 0.05) is 29.7 Å². The molecule has 4 heteroatoms. The fraction of sp³-hybridized carbons (Fsp3) is 0.400. The molecule has 102 valence electrons. The molecule has 0 spiro atoms. The van der Waals surface area contributed by atoms with Gasteiger partial charge in [-0.3, -0.25) is 4.68 Å². The Kier molecular flexibility index (Phi) is 4.61. The molecule has 3 nitrogen and oxygen atoms in total. The van der Waals surface area contributed by atoms with E-state index < -0.39 is 0 Å². The van der Waals surface area contributed by atoms with Gasteiger partial charge in [0.1, 0.15) is 0 Å². The maximum atomic E-state index is 5.92. The molecular weight excluding hydrogens is 258 g/mol. The Morgan fingerprint density at radius 1 is 1.21 bits per heavy atom. The standard InChI is InChI=1S/C15H20ClN3/c1-11(2)19-9-8-14(18-19)10-15(17-3)12-4-6-13(16)7-5-12/h4-9,11,15,17H,10H2,1-3H3. The highest BCUT2D eigenvalue weighted by Gasteiger charge is 2.12. The molecule has 0 aliphatic rings. The monoisotopic (exact) mass is 277 g/mol. The van der Waals surface area contributed by atoms with Gasteiger partial charge in [0.15, 0.2) is 0 Å². The van der Waals surface area contributed by atoms with E-state index in [1.807, 2.05) is 30.1 Å². The smallest absolute Gasteiger partial charge is 0.0643 e. The van der Waals surface area contributed by atoms with Crippen LogP contribution in [0.5, 0.6) is 0 Å². The number of likely N-dealkylation sites (N-methyl/N-ethyl adjacent to an activating group) is 1. The lowest BCUT2D eigenvalue weighted by Gasteiger charge is -2.15. The van der Waals surface area contributed by atoms with Gasteiger partial charge in [-0.15, -0.1) is 0 Å². The molecule has 2 rings (SSSR count). The minimum Gasteiger partial charge on any atom is -0.313 e. The number of hydrogen-bond acceptors (Lipinski definition) is 2. The summed E-state index contributed by atoms with van der Waals surface area (Å²) in [5.41, 5.74) is 2.33. The number of benzene rings is 1. The Morgan fingerprint density at radius 3 is 2.42 bits per heavy atom. The van der Waals surface area contributed by atoms with Crippen molar-refractivity contribution >= 4 is 11.6 Å². The van der Waals surface area contributed by atoms with E-state index >= 15 is 0 Å². The number of halogens is 1. The predicted octanol–water partition coefficient (Wildman–Crippen LogP) is 3.62. The molecule has 0 aliphatic carbocycles. The average Bonchev–Trinajstić information content (AvgIpc) is 2.86. The summed E-state index contributed by atoms with van der Waals surface area (Å²) in [7, 11) is 1.97. The summed E-state index contributed by atoms with van der Waals surface area (Å²) in [6.45, 7) is 4.26. The van der Waals surface area contributed by atoms with Crippen LogP contribution in [-0.4, -0.2) is 16.8 Å². The van der Waals surface area contributed by atoms with Crippen molar-refractivity contribution in [3.63, 3.8) is 0 Å². The molecule has 1 aromatic heterocycles. The third kappa shape index (κ3) is 3.58. The van der Waals surface area contributed by atoms with Gasteiger partial charge in [-0.2, -0.15) is 5.10 Å². The fourth-order valence-corrected chi connectivity index (χ4v) is 2.19. The second-order valence-corrected chi connectivity index (χ2v) is 5.41. The zero-order valence-corrected chi connectivity index (χ0v) is 12.4. The van der Waals surface area contributed by atoms with Crippen molar-refractivity contribution in [1.29, 1.82) is 0 Å². The van der Waals surface area contributed by atoms with Crippen LogP contribution in [0, 0.1) is 0 Å². The summed E-state index contributed by atoms with van der Waals surface area (Å²) in [4.78, 5) is 0. The van der Waals surface area contributed by atoms with Crippen LogP contribution in [0.4, 0.5) is 0 Å². The Bertz CT molecular complexity index is 516. The van der Waals surface area contributed by atoms with Crippen LogP contribution in [0.2, 0.25) is 5.02 Å². The number of aromatic nitrogens is 2. The molecule has 1 N–H and O–H groups in total. The van der Waals surface area contributed by atoms with Gasteiger partial charge in [-0.05, 0) is 44.7 Å². The second kappa shape index (κ2) is 6.22. The lowest BCUT2D eigenvalue weighted by molar-refractivity contribution is 0.515. The van der Waals surface area contributed by atoms with Crippen LogP contribution in [0.25, 0.3) is 0 Å². The Balaban J connectivity index is 2.12. The molecule has 1 atom stereocenters. The molecule has 1 heterocycles. The van der Waals surface area contributed by atoms with Crippen molar-refractivity contribution in [2.75, 3.05) is 7.05 Å². The van der Waals surface area contributed by atoms with Gasteiger partial charge >= 0.3 is 0 Å². The van der Waals surface area contributed by atoms with Crippen molar-refractivity contribution in [2.45, 2.75) is 32.4 Å².